The molecule has 0 radical (unpaired) electrons. The minimum Gasteiger partial charge on any atom is -0.497 e. The Balaban J connectivity index is 2.28. The van der Waals surface area contributed by atoms with E-state index < -0.39 is 5.41 Å². The summed E-state index contributed by atoms with van der Waals surface area (Å²) in [6.45, 7) is 6.24. The molecule has 1 aliphatic heterocycles. The molecule has 1 heterocycles. The van der Waals surface area contributed by atoms with Crippen molar-refractivity contribution < 1.29 is 9.53 Å². The van der Waals surface area contributed by atoms with E-state index in [1.54, 1.807) is 7.11 Å². The van der Waals surface area contributed by atoms with Gasteiger partial charge < -0.3 is 10.1 Å². The number of methoxy groups -OCH3 is 1. The highest BCUT2D eigenvalue weighted by Crippen LogP contribution is 2.48. The molecule has 0 saturated heterocycles. The van der Waals surface area contributed by atoms with Crippen LogP contribution in [0.3, 0.4) is 0 Å². The van der Waals surface area contributed by atoms with Crippen molar-refractivity contribution in [2.45, 2.75) is 26.2 Å². The fourth-order valence-electron chi connectivity index (χ4n) is 3.44. The van der Waals surface area contributed by atoms with Crippen LogP contribution in [0.5, 0.6) is 5.75 Å². The summed E-state index contributed by atoms with van der Waals surface area (Å²) < 4.78 is 5.36. The van der Waals surface area contributed by atoms with Gasteiger partial charge in [-0.25, -0.2) is 0 Å². The van der Waals surface area contributed by atoms with Crippen LogP contribution in [-0.2, 0) is 10.2 Å². The van der Waals surface area contributed by atoms with Gasteiger partial charge in [-0.3, -0.25) is 4.79 Å². The fraction of sp³-hybridized carbons (Fsp3) is 0.316. The Labute approximate surface area is 131 Å². The Morgan fingerprint density at radius 2 is 1.77 bits per heavy atom. The van der Waals surface area contributed by atoms with Crippen molar-refractivity contribution in [1.82, 2.24) is 0 Å². The Morgan fingerprint density at radius 3 is 2.36 bits per heavy atom. The molecule has 1 atom stereocenters. The molecule has 1 amide bonds. The summed E-state index contributed by atoms with van der Waals surface area (Å²) in [7, 11) is 1.65. The summed E-state index contributed by atoms with van der Waals surface area (Å²) in [6.07, 6.45) is 0. The number of hydrogen-bond acceptors (Lipinski definition) is 2. The Morgan fingerprint density at radius 1 is 1.09 bits per heavy atom. The summed E-state index contributed by atoms with van der Waals surface area (Å²) in [5.41, 5.74) is 3.41. The first-order valence-electron chi connectivity index (χ1n) is 7.57. The zero-order valence-electron chi connectivity index (χ0n) is 13.4. The van der Waals surface area contributed by atoms with E-state index in [1.807, 2.05) is 18.2 Å². The van der Waals surface area contributed by atoms with Gasteiger partial charge in [-0.05, 0) is 42.2 Å². The molecule has 0 aromatic heterocycles. The molecule has 22 heavy (non-hydrogen) atoms. The molecule has 0 spiro atoms. The number of fused-ring (bicyclic) bond motifs is 1. The van der Waals surface area contributed by atoms with Gasteiger partial charge in [-0.1, -0.05) is 43.7 Å². The van der Waals surface area contributed by atoms with E-state index in [9.17, 15) is 4.79 Å². The van der Waals surface area contributed by atoms with Crippen molar-refractivity contribution in [3.05, 3.63) is 59.2 Å². The van der Waals surface area contributed by atoms with E-state index in [4.69, 9.17) is 4.74 Å². The minimum atomic E-state index is -0.669. The minimum absolute atomic E-state index is 0.0367. The van der Waals surface area contributed by atoms with Crippen LogP contribution >= 0.6 is 0 Å². The van der Waals surface area contributed by atoms with Crippen molar-refractivity contribution in [2.24, 2.45) is 5.92 Å². The summed E-state index contributed by atoms with van der Waals surface area (Å²) in [4.78, 5) is 12.9. The lowest BCUT2D eigenvalue weighted by molar-refractivity contribution is -0.120. The third-order valence-electron chi connectivity index (χ3n) is 4.63. The van der Waals surface area contributed by atoms with Gasteiger partial charge in [-0.2, -0.15) is 0 Å². The smallest absolute Gasteiger partial charge is 0.239 e. The highest BCUT2D eigenvalue weighted by Gasteiger charge is 2.50. The second kappa shape index (κ2) is 5.16. The molecule has 114 valence electrons. The van der Waals surface area contributed by atoms with E-state index in [-0.39, 0.29) is 11.8 Å². The van der Waals surface area contributed by atoms with Gasteiger partial charge in [0.05, 0.1) is 7.11 Å². The highest BCUT2D eigenvalue weighted by atomic mass is 16.5. The summed E-state index contributed by atoms with van der Waals surface area (Å²) in [5.74, 6) is 0.936. The van der Waals surface area contributed by atoms with Crippen molar-refractivity contribution >= 4 is 11.6 Å². The van der Waals surface area contributed by atoms with E-state index in [0.717, 1.165) is 22.6 Å². The highest BCUT2D eigenvalue weighted by molar-refractivity contribution is 6.09. The van der Waals surface area contributed by atoms with Gasteiger partial charge in [0, 0.05) is 5.69 Å². The van der Waals surface area contributed by atoms with E-state index >= 15 is 0 Å². The van der Waals surface area contributed by atoms with Gasteiger partial charge in [0.2, 0.25) is 5.91 Å². The van der Waals surface area contributed by atoms with Crippen molar-refractivity contribution in [3.63, 3.8) is 0 Å². The number of aryl methyl sites for hydroxylation is 1. The number of hydrogen-bond donors (Lipinski definition) is 1. The molecule has 0 bridgehead atoms. The van der Waals surface area contributed by atoms with Crippen LogP contribution in [0.4, 0.5) is 5.69 Å². The first-order chi connectivity index (χ1) is 10.5. The van der Waals surface area contributed by atoms with Crippen LogP contribution < -0.4 is 10.1 Å². The number of rotatable bonds is 3. The number of amides is 1. The molecular weight excluding hydrogens is 274 g/mol. The number of carbonyl (C=O) groups excluding carboxylic acids is 1. The topological polar surface area (TPSA) is 38.3 Å². The monoisotopic (exact) mass is 295 g/mol. The second-order valence-electron chi connectivity index (χ2n) is 6.19. The number of anilines is 1. The molecule has 3 heteroatoms. The van der Waals surface area contributed by atoms with Gasteiger partial charge in [0.15, 0.2) is 0 Å². The maximum absolute atomic E-state index is 12.9. The Kier molecular flexibility index (Phi) is 3.44. The summed E-state index contributed by atoms with van der Waals surface area (Å²) in [6, 6.07) is 14.0. The molecule has 0 aliphatic carbocycles. The SMILES string of the molecule is COc1ccc2c(c1)C(c1ccc(C)cc1)(C(C)C)C(=O)N2. The Bertz CT molecular complexity index is 719. The molecule has 0 saturated carbocycles. The number of carbonyl (C=O) groups is 1. The van der Waals surface area contributed by atoms with Crippen LogP contribution in [0, 0.1) is 12.8 Å². The molecule has 2 aromatic carbocycles. The summed E-state index contributed by atoms with van der Waals surface area (Å²) >= 11 is 0. The average Bonchev–Trinajstić information content (AvgIpc) is 2.80. The zero-order valence-corrected chi connectivity index (χ0v) is 13.4. The largest absolute Gasteiger partial charge is 0.497 e. The lowest BCUT2D eigenvalue weighted by Gasteiger charge is -2.32. The quantitative estimate of drug-likeness (QED) is 0.932. The summed E-state index contributed by atoms with van der Waals surface area (Å²) in [5, 5.41) is 3.04. The molecule has 1 aliphatic rings. The lowest BCUT2D eigenvalue weighted by Crippen LogP contribution is -2.40. The predicted octanol–water partition coefficient (Wildman–Crippen LogP) is 3.90. The molecule has 3 rings (SSSR count). The molecule has 1 unspecified atom stereocenters. The van der Waals surface area contributed by atoms with Crippen molar-refractivity contribution in [1.29, 1.82) is 0 Å². The number of nitrogens with one attached hydrogen (secondary N) is 1. The van der Waals surface area contributed by atoms with Crippen molar-refractivity contribution in [3.8, 4) is 5.75 Å². The van der Waals surface area contributed by atoms with E-state index in [2.05, 4.69) is 50.4 Å². The number of benzene rings is 2. The molecule has 1 N–H and O–H groups in total. The molecular formula is C19H21NO2. The van der Waals surface area contributed by atoms with E-state index in [1.165, 1.54) is 5.56 Å². The lowest BCUT2D eigenvalue weighted by atomic mass is 9.67. The Hall–Kier alpha value is -2.29. The van der Waals surface area contributed by atoms with Crippen LogP contribution in [-0.4, -0.2) is 13.0 Å². The maximum atomic E-state index is 12.9. The van der Waals surface area contributed by atoms with Crippen LogP contribution in [0.15, 0.2) is 42.5 Å². The standard InChI is InChI=1S/C19H21NO2/c1-12(2)19(14-7-5-13(3)6-8-14)16-11-15(22-4)9-10-17(16)20-18(19)21/h5-12H,1-4H3,(H,20,21). The first kappa shape index (κ1) is 14.6. The van der Waals surface area contributed by atoms with Gasteiger partial charge in [-0.15, -0.1) is 0 Å². The number of ether oxygens (including phenoxy) is 1. The van der Waals surface area contributed by atoms with Crippen LogP contribution in [0.25, 0.3) is 0 Å². The zero-order chi connectivity index (χ0) is 15.9. The van der Waals surface area contributed by atoms with Crippen molar-refractivity contribution in [2.75, 3.05) is 12.4 Å². The fourth-order valence-corrected chi connectivity index (χ4v) is 3.44. The van der Waals surface area contributed by atoms with Gasteiger partial charge >= 0.3 is 0 Å². The predicted molar refractivity (Wildman–Crippen MR) is 88.4 cm³/mol. The van der Waals surface area contributed by atoms with Gasteiger partial charge in [0.25, 0.3) is 0 Å². The first-order valence-corrected chi connectivity index (χ1v) is 7.57. The van der Waals surface area contributed by atoms with E-state index in [0.29, 0.717) is 0 Å². The van der Waals surface area contributed by atoms with Gasteiger partial charge in [0.1, 0.15) is 11.2 Å². The maximum Gasteiger partial charge on any atom is 0.239 e. The molecule has 2 aromatic rings. The normalized spacial score (nSPS) is 20.0. The molecule has 3 nitrogen and oxygen atoms in total. The third-order valence-corrected chi connectivity index (χ3v) is 4.63. The molecule has 0 fully saturated rings. The second-order valence-corrected chi connectivity index (χ2v) is 6.19. The third kappa shape index (κ3) is 1.92. The van der Waals surface area contributed by atoms with Crippen LogP contribution in [0.1, 0.15) is 30.5 Å². The van der Waals surface area contributed by atoms with Crippen LogP contribution in [0.2, 0.25) is 0 Å². The average molecular weight is 295 g/mol.